The summed E-state index contributed by atoms with van der Waals surface area (Å²) >= 11 is 5.92. The lowest BCUT2D eigenvalue weighted by Crippen LogP contribution is -2.51. The van der Waals surface area contributed by atoms with Crippen LogP contribution in [0.15, 0.2) is 55.0 Å². The standard InChI is InChI=1S/C24H22ClF3N6O3/c25-20-21(31-9-8-30-20)32-23(36)34-12-10-33(11-13-34)22(35)17-5-7-29-19(15-17)37-14-6-16-3-1-2-4-18(16)24(26,27)28/h1-5,7-9,15H,6,10-14H2,(H,31,32,36). The van der Waals surface area contributed by atoms with Crippen LogP contribution in [-0.4, -0.2) is 69.5 Å². The van der Waals surface area contributed by atoms with Crippen molar-refractivity contribution < 1.29 is 27.5 Å². The van der Waals surface area contributed by atoms with E-state index in [4.69, 9.17) is 16.3 Å². The highest BCUT2D eigenvalue weighted by atomic mass is 35.5. The molecule has 0 unspecified atom stereocenters. The van der Waals surface area contributed by atoms with E-state index in [1.54, 1.807) is 4.90 Å². The van der Waals surface area contributed by atoms with Gasteiger partial charge in [-0.25, -0.2) is 19.7 Å². The van der Waals surface area contributed by atoms with Gasteiger partial charge in [0.15, 0.2) is 11.0 Å². The van der Waals surface area contributed by atoms with Crippen molar-refractivity contribution in [3.63, 3.8) is 0 Å². The minimum atomic E-state index is -4.45. The van der Waals surface area contributed by atoms with Gasteiger partial charge in [0.25, 0.3) is 5.91 Å². The van der Waals surface area contributed by atoms with E-state index in [9.17, 15) is 22.8 Å². The Bertz CT molecular complexity index is 1270. The van der Waals surface area contributed by atoms with Crippen LogP contribution in [0.5, 0.6) is 5.88 Å². The first-order chi connectivity index (χ1) is 17.7. The molecule has 13 heteroatoms. The number of urea groups is 1. The normalized spacial score (nSPS) is 13.8. The quantitative estimate of drug-likeness (QED) is 0.510. The van der Waals surface area contributed by atoms with Crippen molar-refractivity contribution in [3.05, 3.63) is 76.8 Å². The maximum Gasteiger partial charge on any atom is 0.416 e. The lowest BCUT2D eigenvalue weighted by molar-refractivity contribution is -0.138. The first kappa shape index (κ1) is 26.1. The molecule has 2 aromatic heterocycles. The molecule has 9 nitrogen and oxygen atoms in total. The molecule has 1 saturated heterocycles. The first-order valence-electron chi connectivity index (χ1n) is 11.3. The summed E-state index contributed by atoms with van der Waals surface area (Å²) in [7, 11) is 0. The number of hydrogen-bond acceptors (Lipinski definition) is 6. The van der Waals surface area contributed by atoms with E-state index in [1.165, 1.54) is 53.8 Å². The van der Waals surface area contributed by atoms with Gasteiger partial charge in [-0.3, -0.25) is 10.1 Å². The highest BCUT2D eigenvalue weighted by Crippen LogP contribution is 2.32. The number of nitrogens with zero attached hydrogens (tertiary/aromatic N) is 5. The summed E-state index contributed by atoms with van der Waals surface area (Å²) in [6, 6.07) is 7.89. The molecule has 0 saturated carbocycles. The monoisotopic (exact) mass is 534 g/mol. The zero-order valence-corrected chi connectivity index (χ0v) is 20.2. The van der Waals surface area contributed by atoms with Gasteiger partial charge in [-0.2, -0.15) is 13.2 Å². The molecule has 0 radical (unpaired) electrons. The molecule has 0 spiro atoms. The number of aromatic nitrogens is 3. The molecule has 1 aromatic carbocycles. The molecule has 194 valence electrons. The van der Waals surface area contributed by atoms with Gasteiger partial charge in [-0.15, -0.1) is 0 Å². The number of rotatable bonds is 6. The van der Waals surface area contributed by atoms with E-state index in [0.29, 0.717) is 31.7 Å². The Morgan fingerprint density at radius 2 is 1.68 bits per heavy atom. The van der Waals surface area contributed by atoms with Crippen LogP contribution in [0.4, 0.5) is 23.8 Å². The number of ether oxygens (including phenoxy) is 1. The third kappa shape index (κ3) is 6.64. The molecule has 0 atom stereocenters. The molecular weight excluding hydrogens is 513 g/mol. The van der Waals surface area contributed by atoms with Crippen LogP contribution in [0.25, 0.3) is 0 Å². The smallest absolute Gasteiger partial charge is 0.416 e. The number of benzene rings is 1. The highest BCUT2D eigenvalue weighted by molar-refractivity contribution is 6.32. The van der Waals surface area contributed by atoms with Crippen molar-refractivity contribution >= 4 is 29.4 Å². The van der Waals surface area contributed by atoms with Crippen molar-refractivity contribution in [3.8, 4) is 5.88 Å². The Balaban J connectivity index is 1.30. The molecule has 3 aromatic rings. The van der Waals surface area contributed by atoms with Gasteiger partial charge >= 0.3 is 12.2 Å². The summed E-state index contributed by atoms with van der Waals surface area (Å²) in [6.45, 7) is 1.15. The van der Waals surface area contributed by atoms with E-state index < -0.39 is 17.8 Å². The Morgan fingerprint density at radius 1 is 0.973 bits per heavy atom. The second kappa shape index (κ2) is 11.4. The van der Waals surface area contributed by atoms with Gasteiger partial charge in [-0.1, -0.05) is 29.8 Å². The molecule has 4 rings (SSSR count). The van der Waals surface area contributed by atoms with Crippen LogP contribution in [0, 0.1) is 0 Å². The number of hydrogen-bond donors (Lipinski definition) is 1. The number of pyridine rings is 1. The van der Waals surface area contributed by atoms with Crippen LogP contribution in [0.1, 0.15) is 21.5 Å². The molecule has 3 heterocycles. The molecule has 37 heavy (non-hydrogen) atoms. The Kier molecular flexibility index (Phi) is 8.07. The van der Waals surface area contributed by atoms with Crippen LogP contribution in [0.2, 0.25) is 5.15 Å². The number of carbonyl (C=O) groups is 2. The lowest BCUT2D eigenvalue weighted by atomic mass is 10.0. The van der Waals surface area contributed by atoms with Crippen LogP contribution < -0.4 is 10.1 Å². The van der Waals surface area contributed by atoms with Gasteiger partial charge in [-0.05, 0) is 17.7 Å². The molecule has 1 N–H and O–H groups in total. The largest absolute Gasteiger partial charge is 0.477 e. The number of nitrogens with one attached hydrogen (secondary N) is 1. The summed E-state index contributed by atoms with van der Waals surface area (Å²) in [5.41, 5.74) is -0.265. The number of alkyl halides is 3. The molecule has 0 bridgehead atoms. The molecular formula is C24H22ClF3N6O3. The average molecular weight is 535 g/mol. The van der Waals surface area contributed by atoms with E-state index in [1.807, 2.05) is 0 Å². The second-order valence-corrected chi connectivity index (χ2v) is 8.40. The predicted octanol–water partition coefficient (Wildman–Crippen LogP) is 4.16. The van der Waals surface area contributed by atoms with Crippen LogP contribution >= 0.6 is 11.6 Å². The topological polar surface area (TPSA) is 101 Å². The molecule has 1 fully saturated rings. The Morgan fingerprint density at radius 3 is 2.41 bits per heavy atom. The first-order valence-corrected chi connectivity index (χ1v) is 11.7. The zero-order valence-electron chi connectivity index (χ0n) is 19.4. The number of anilines is 1. The minimum Gasteiger partial charge on any atom is -0.477 e. The van der Waals surface area contributed by atoms with E-state index in [0.717, 1.165) is 6.07 Å². The van der Waals surface area contributed by atoms with Crippen LogP contribution in [-0.2, 0) is 12.6 Å². The number of halogens is 4. The number of piperazine rings is 1. The van der Waals surface area contributed by atoms with Crippen molar-refractivity contribution in [2.24, 2.45) is 0 Å². The van der Waals surface area contributed by atoms with Crippen molar-refractivity contribution in [2.75, 3.05) is 38.1 Å². The SMILES string of the molecule is O=C(Nc1nccnc1Cl)N1CCN(C(=O)c2ccnc(OCCc3ccccc3C(F)(F)F)c2)CC1. The van der Waals surface area contributed by atoms with Crippen LogP contribution in [0.3, 0.4) is 0 Å². The highest BCUT2D eigenvalue weighted by Gasteiger charge is 2.32. The summed E-state index contributed by atoms with van der Waals surface area (Å²) in [5, 5.41) is 2.67. The summed E-state index contributed by atoms with van der Waals surface area (Å²) in [4.78, 5) is 40.5. The Labute approximate surface area is 215 Å². The number of carbonyl (C=O) groups excluding carboxylic acids is 2. The van der Waals surface area contributed by atoms with E-state index in [2.05, 4.69) is 20.3 Å². The maximum atomic E-state index is 13.2. The summed E-state index contributed by atoms with van der Waals surface area (Å²) < 4.78 is 45.0. The van der Waals surface area contributed by atoms with Gasteiger partial charge in [0.1, 0.15) is 0 Å². The fraction of sp³-hybridized carbons (Fsp3) is 0.292. The average Bonchev–Trinajstić information content (AvgIpc) is 2.89. The third-order valence-electron chi connectivity index (χ3n) is 5.66. The van der Waals surface area contributed by atoms with Crippen molar-refractivity contribution in [2.45, 2.75) is 12.6 Å². The predicted molar refractivity (Wildman–Crippen MR) is 128 cm³/mol. The molecule has 1 aliphatic rings. The van der Waals surface area contributed by atoms with E-state index >= 15 is 0 Å². The van der Waals surface area contributed by atoms with Gasteiger partial charge in [0, 0.05) is 62.8 Å². The fourth-order valence-corrected chi connectivity index (χ4v) is 3.93. The Hall–Kier alpha value is -3.93. The molecule has 0 aliphatic carbocycles. The molecule has 3 amide bonds. The third-order valence-corrected chi connectivity index (χ3v) is 5.94. The van der Waals surface area contributed by atoms with Crippen molar-refractivity contribution in [1.82, 2.24) is 24.8 Å². The van der Waals surface area contributed by atoms with Crippen molar-refractivity contribution in [1.29, 1.82) is 0 Å². The minimum absolute atomic E-state index is 0.0271. The van der Waals surface area contributed by atoms with Gasteiger partial charge in [0.2, 0.25) is 5.88 Å². The summed E-state index contributed by atoms with van der Waals surface area (Å²) in [6.07, 6.45) is -0.203. The maximum absolute atomic E-state index is 13.2. The second-order valence-electron chi connectivity index (χ2n) is 8.04. The van der Waals surface area contributed by atoms with Gasteiger partial charge in [0.05, 0.1) is 12.2 Å². The number of amides is 3. The van der Waals surface area contributed by atoms with E-state index in [-0.39, 0.29) is 41.3 Å². The lowest BCUT2D eigenvalue weighted by Gasteiger charge is -2.34. The van der Waals surface area contributed by atoms with Gasteiger partial charge < -0.3 is 14.5 Å². The fourth-order valence-electron chi connectivity index (χ4n) is 3.78. The summed E-state index contributed by atoms with van der Waals surface area (Å²) in [5.74, 6) is 0.0137. The molecule has 1 aliphatic heterocycles. The zero-order chi connectivity index (χ0) is 26.4.